The van der Waals surface area contributed by atoms with Crippen LogP contribution in [0.1, 0.15) is 26.3 Å². The number of benzene rings is 1. The highest BCUT2D eigenvalue weighted by Gasteiger charge is 2.16. The molecular weight excluding hydrogens is 324 g/mol. The van der Waals surface area contributed by atoms with Crippen molar-refractivity contribution in [1.82, 2.24) is 5.32 Å². The maximum atomic E-state index is 11.6. The van der Waals surface area contributed by atoms with Crippen molar-refractivity contribution in [2.24, 2.45) is 5.73 Å². The van der Waals surface area contributed by atoms with Gasteiger partial charge in [-0.2, -0.15) is 0 Å². The van der Waals surface area contributed by atoms with Gasteiger partial charge in [-0.1, -0.05) is 6.07 Å². The van der Waals surface area contributed by atoms with Crippen LogP contribution in [-0.4, -0.2) is 30.4 Å². The summed E-state index contributed by atoms with van der Waals surface area (Å²) in [6, 6.07) is 3.97. The maximum Gasteiger partial charge on any atom is 0.308 e. The normalized spacial score (nSPS) is 11.0. The lowest BCUT2D eigenvalue weighted by atomic mass is 10.1. The van der Waals surface area contributed by atoms with Gasteiger partial charge in [0.25, 0.3) is 0 Å². The predicted molar refractivity (Wildman–Crippen MR) is 86.7 cm³/mol. The minimum absolute atomic E-state index is 0. The smallest absolute Gasteiger partial charge is 0.308 e. The van der Waals surface area contributed by atoms with E-state index in [1.54, 1.807) is 13.0 Å². The van der Waals surface area contributed by atoms with Gasteiger partial charge in [0.05, 0.1) is 6.04 Å². The molecule has 0 aliphatic heterocycles. The summed E-state index contributed by atoms with van der Waals surface area (Å²) in [6.07, 6.45) is 0.264. The van der Waals surface area contributed by atoms with E-state index in [0.29, 0.717) is 12.1 Å². The van der Waals surface area contributed by atoms with Crippen molar-refractivity contribution in [3.63, 3.8) is 0 Å². The van der Waals surface area contributed by atoms with Crippen molar-refractivity contribution >= 4 is 30.3 Å². The number of nitrogens with two attached hydrogens (primary N) is 1. The molecule has 1 aromatic carbocycles. The van der Waals surface area contributed by atoms with Gasteiger partial charge in [0.1, 0.15) is 0 Å². The molecule has 0 bridgehead atoms. The van der Waals surface area contributed by atoms with Crippen LogP contribution < -0.4 is 20.5 Å². The molecule has 1 aromatic rings. The van der Waals surface area contributed by atoms with Gasteiger partial charge in [-0.3, -0.25) is 14.4 Å². The van der Waals surface area contributed by atoms with E-state index >= 15 is 0 Å². The molecule has 23 heavy (non-hydrogen) atoms. The van der Waals surface area contributed by atoms with Crippen LogP contribution >= 0.6 is 12.4 Å². The highest BCUT2D eigenvalue weighted by atomic mass is 35.5. The molecule has 0 saturated heterocycles. The highest BCUT2D eigenvalue weighted by molar-refractivity contribution is 5.85. The zero-order valence-electron chi connectivity index (χ0n) is 13.3. The minimum atomic E-state index is -0.718. The third kappa shape index (κ3) is 7.12. The molecule has 1 amide bonds. The van der Waals surface area contributed by atoms with E-state index in [4.69, 9.17) is 15.2 Å². The lowest BCUT2D eigenvalue weighted by Crippen LogP contribution is -2.41. The molecule has 0 aliphatic rings. The summed E-state index contributed by atoms with van der Waals surface area (Å²) in [6.45, 7) is 4.79. The molecular formula is C15H21ClN2O5. The van der Waals surface area contributed by atoms with Crippen LogP contribution in [0.2, 0.25) is 0 Å². The molecule has 7 nitrogen and oxygen atoms in total. The maximum absolute atomic E-state index is 11.6. The van der Waals surface area contributed by atoms with Crippen molar-refractivity contribution < 1.29 is 23.9 Å². The fourth-order valence-corrected chi connectivity index (χ4v) is 1.81. The van der Waals surface area contributed by atoms with Crippen molar-refractivity contribution in [3.05, 3.63) is 23.8 Å². The molecule has 0 unspecified atom stereocenters. The molecule has 3 N–H and O–H groups in total. The number of likely N-dealkylation sites (N-methyl/N-ethyl adjacent to an activating group) is 1. The number of rotatable bonds is 6. The quantitative estimate of drug-likeness (QED) is 0.588. The first-order valence-electron chi connectivity index (χ1n) is 6.86. The third-order valence-corrected chi connectivity index (χ3v) is 2.66. The second-order valence-electron chi connectivity index (χ2n) is 4.67. The Hall–Kier alpha value is -2.12. The average Bonchev–Trinajstić information content (AvgIpc) is 2.40. The fourth-order valence-electron chi connectivity index (χ4n) is 1.81. The molecule has 1 rings (SSSR count). The summed E-state index contributed by atoms with van der Waals surface area (Å²) in [4.78, 5) is 33.8. The fraction of sp³-hybridized carbons (Fsp3) is 0.400. The Morgan fingerprint density at radius 2 is 1.70 bits per heavy atom. The molecule has 0 heterocycles. The monoisotopic (exact) mass is 344 g/mol. The number of nitrogens with one attached hydrogen (secondary N) is 1. The van der Waals surface area contributed by atoms with Gasteiger partial charge < -0.3 is 20.5 Å². The van der Waals surface area contributed by atoms with Crippen LogP contribution in [0.25, 0.3) is 0 Å². The second kappa shape index (κ2) is 9.81. The summed E-state index contributed by atoms with van der Waals surface area (Å²) in [5.41, 5.74) is 6.49. The Balaban J connectivity index is 0.00000484. The van der Waals surface area contributed by atoms with Crippen LogP contribution in [0.4, 0.5) is 0 Å². The average molecular weight is 345 g/mol. The molecule has 0 fully saturated rings. The topological polar surface area (TPSA) is 108 Å². The number of hydrogen-bond acceptors (Lipinski definition) is 6. The summed E-state index contributed by atoms with van der Waals surface area (Å²) >= 11 is 0. The summed E-state index contributed by atoms with van der Waals surface area (Å²) in [7, 11) is 0. The number of amides is 1. The molecule has 128 valence electrons. The first-order chi connectivity index (χ1) is 10.3. The number of carbonyl (C=O) groups excluding carboxylic acids is 3. The van der Waals surface area contributed by atoms with Crippen molar-refractivity contribution in [3.8, 4) is 11.5 Å². The van der Waals surface area contributed by atoms with Crippen molar-refractivity contribution in [2.75, 3.05) is 6.54 Å². The molecule has 8 heteroatoms. The lowest BCUT2D eigenvalue weighted by Gasteiger charge is -2.13. The Morgan fingerprint density at radius 1 is 1.13 bits per heavy atom. The van der Waals surface area contributed by atoms with E-state index < -0.39 is 18.0 Å². The van der Waals surface area contributed by atoms with Crippen LogP contribution in [0, 0.1) is 0 Å². The Kier molecular flexibility index (Phi) is 8.90. The molecule has 0 saturated carbocycles. The van der Waals surface area contributed by atoms with Gasteiger partial charge in [0.2, 0.25) is 5.91 Å². The predicted octanol–water partition coefficient (Wildman–Crippen LogP) is 0.965. The lowest BCUT2D eigenvalue weighted by molar-refractivity contribution is -0.134. The molecule has 0 aromatic heterocycles. The molecule has 0 radical (unpaired) electrons. The number of halogens is 1. The Labute approximate surface area is 140 Å². The zero-order valence-corrected chi connectivity index (χ0v) is 14.1. The van der Waals surface area contributed by atoms with E-state index in [1.165, 1.54) is 26.0 Å². The van der Waals surface area contributed by atoms with Crippen LogP contribution in [0.5, 0.6) is 11.5 Å². The highest BCUT2D eigenvalue weighted by Crippen LogP contribution is 2.29. The molecule has 0 aliphatic carbocycles. The number of hydrogen-bond donors (Lipinski definition) is 2. The standard InChI is InChI=1S/C15H20N2O5.ClH/c1-4-17-15(20)12(16)7-11-5-6-13(21-9(2)18)14(8-11)22-10(3)19;/h5-6,8,12H,4,7,16H2,1-3H3,(H,17,20);1H/t12-;/m0./s1. The van der Waals surface area contributed by atoms with Gasteiger partial charge in [-0.05, 0) is 31.0 Å². The largest absolute Gasteiger partial charge is 0.423 e. The van der Waals surface area contributed by atoms with Crippen molar-refractivity contribution in [2.45, 2.75) is 33.2 Å². The van der Waals surface area contributed by atoms with Crippen LogP contribution in [0.15, 0.2) is 18.2 Å². The van der Waals surface area contributed by atoms with Gasteiger partial charge in [0, 0.05) is 20.4 Å². The van der Waals surface area contributed by atoms with E-state index in [0.717, 1.165) is 0 Å². The first-order valence-corrected chi connectivity index (χ1v) is 6.86. The van der Waals surface area contributed by atoms with Crippen LogP contribution in [0.3, 0.4) is 0 Å². The van der Waals surface area contributed by atoms with E-state index in [1.807, 2.05) is 0 Å². The van der Waals surface area contributed by atoms with Gasteiger partial charge in [0.15, 0.2) is 11.5 Å². The van der Waals surface area contributed by atoms with Gasteiger partial charge in [-0.15, -0.1) is 12.4 Å². The second-order valence-corrected chi connectivity index (χ2v) is 4.67. The van der Waals surface area contributed by atoms with Crippen molar-refractivity contribution in [1.29, 1.82) is 0 Å². The number of esters is 2. The van der Waals surface area contributed by atoms with E-state index in [9.17, 15) is 14.4 Å². The first kappa shape index (κ1) is 20.9. The summed E-state index contributed by atoms with van der Waals surface area (Å²) in [5, 5.41) is 2.63. The summed E-state index contributed by atoms with van der Waals surface area (Å²) in [5.74, 6) is -1.08. The molecule has 0 spiro atoms. The minimum Gasteiger partial charge on any atom is -0.423 e. The SMILES string of the molecule is CCNC(=O)[C@@H](N)Cc1ccc(OC(C)=O)c(OC(C)=O)c1.Cl. The van der Waals surface area contributed by atoms with E-state index in [2.05, 4.69) is 5.32 Å². The number of ether oxygens (including phenoxy) is 2. The molecule has 1 atom stereocenters. The van der Waals surface area contributed by atoms with Crippen LogP contribution in [-0.2, 0) is 20.8 Å². The third-order valence-electron chi connectivity index (χ3n) is 2.66. The Bertz CT molecular complexity index is 577. The van der Waals surface area contributed by atoms with Gasteiger partial charge >= 0.3 is 11.9 Å². The summed E-state index contributed by atoms with van der Waals surface area (Å²) < 4.78 is 9.98. The van der Waals surface area contributed by atoms with E-state index in [-0.39, 0.29) is 36.2 Å². The number of carbonyl (C=O) groups is 3. The Morgan fingerprint density at radius 3 is 2.22 bits per heavy atom. The zero-order chi connectivity index (χ0) is 16.7. The van der Waals surface area contributed by atoms with Gasteiger partial charge in [-0.25, -0.2) is 0 Å².